The number of aliphatic hydroxyl groups excluding tert-OH is 2. The largest absolute Gasteiger partial charge is 0.641 e. The molecule has 0 bridgehead atoms. The molecule has 0 radical (unpaired) electrons. The van der Waals surface area contributed by atoms with Crippen molar-refractivity contribution in [3.8, 4) is 0 Å². The molecule has 12 aromatic rings. The van der Waals surface area contributed by atoms with E-state index in [1.165, 1.54) is 6.92 Å². The van der Waals surface area contributed by atoms with Crippen LogP contribution in [0.3, 0.4) is 0 Å². The third-order valence-corrected chi connectivity index (χ3v) is 19.0. The third-order valence-electron chi connectivity index (χ3n) is 19.0. The molecule has 2 unspecified atom stereocenters. The van der Waals surface area contributed by atoms with Gasteiger partial charge in [0.1, 0.15) is 22.4 Å². The summed E-state index contributed by atoms with van der Waals surface area (Å²) in [6, 6.07) is 120. The second-order valence-corrected chi connectivity index (χ2v) is 27.7. The molecule has 2 fully saturated rings. The summed E-state index contributed by atoms with van der Waals surface area (Å²) < 4.78 is 59.1. The normalized spacial score (nSPS) is 15.3. The minimum absolute atomic E-state index is 0.0839. The highest BCUT2D eigenvalue weighted by atomic mass is 16.8. The molecule has 13 nitrogen and oxygen atoms in total. The van der Waals surface area contributed by atoms with Crippen molar-refractivity contribution in [1.29, 1.82) is 0 Å². The van der Waals surface area contributed by atoms with Gasteiger partial charge in [0.15, 0.2) is 11.2 Å². The van der Waals surface area contributed by atoms with Gasteiger partial charge < -0.3 is 62.3 Å². The SMILES string of the molecule is CC(C)OB(OC(C)C)OC(C)C.CC(COB1OC(c2ccccc2)(c2ccccc2)C(c2ccccc2)(c2ccccc2)O1)OB1OC(c2ccccc2)(c2ccccc2)C(c2ccccc2)(c2ccccc2)O1.CC(O)CO.OC(c1ccccc1)(c1ccccc1)C(O)(c1ccccc1)c1ccccc1. The molecule has 0 amide bonds. The molecule has 2 aliphatic rings. The fraction of sp³-hybridized carbons (Fsp3) is 0.226. The highest BCUT2D eigenvalue weighted by molar-refractivity contribution is 6.39. The Morgan fingerprint density at radius 1 is 0.303 bits per heavy atom. The van der Waals surface area contributed by atoms with Crippen LogP contribution < -0.4 is 0 Å². The van der Waals surface area contributed by atoms with E-state index in [1.54, 1.807) is 0 Å². The molecule has 2 saturated heterocycles. The Balaban J connectivity index is 0.000000209. The topological polar surface area (TPSA) is 164 Å². The van der Waals surface area contributed by atoms with E-state index in [2.05, 4.69) is 97.1 Å². The van der Waals surface area contributed by atoms with E-state index >= 15 is 0 Å². The molecular formula is C93H97B3O13. The third kappa shape index (κ3) is 17.5. The van der Waals surface area contributed by atoms with Crippen molar-refractivity contribution in [1.82, 2.24) is 0 Å². The first-order chi connectivity index (χ1) is 53.0. The van der Waals surface area contributed by atoms with Gasteiger partial charge in [0.05, 0.1) is 25.4 Å². The Morgan fingerprint density at radius 2 is 0.477 bits per heavy atom. The van der Waals surface area contributed by atoms with Crippen LogP contribution in [0.5, 0.6) is 0 Å². The lowest BCUT2D eigenvalue weighted by Gasteiger charge is -2.45. The fourth-order valence-electron chi connectivity index (χ4n) is 14.4. The van der Waals surface area contributed by atoms with Gasteiger partial charge in [-0.05, 0) is 122 Å². The van der Waals surface area contributed by atoms with Crippen LogP contribution in [0.15, 0.2) is 364 Å². The van der Waals surface area contributed by atoms with Crippen molar-refractivity contribution >= 4 is 22.0 Å². The van der Waals surface area contributed by atoms with E-state index in [1.807, 2.05) is 315 Å². The number of aliphatic hydroxyl groups is 4. The molecule has 109 heavy (non-hydrogen) atoms. The van der Waals surface area contributed by atoms with Gasteiger partial charge in [0.25, 0.3) is 0 Å². The van der Waals surface area contributed by atoms with Gasteiger partial charge in [-0.2, -0.15) is 0 Å². The van der Waals surface area contributed by atoms with E-state index in [4.69, 9.17) is 52.1 Å². The van der Waals surface area contributed by atoms with Gasteiger partial charge in [-0.3, -0.25) is 0 Å². The van der Waals surface area contributed by atoms with Crippen LogP contribution in [-0.2, 0) is 75.5 Å². The van der Waals surface area contributed by atoms with Crippen molar-refractivity contribution in [3.63, 3.8) is 0 Å². The summed E-state index contributed by atoms with van der Waals surface area (Å²) in [6.45, 7) is 15.2. The van der Waals surface area contributed by atoms with Crippen molar-refractivity contribution in [2.75, 3.05) is 13.2 Å². The Bertz CT molecular complexity index is 4040. The van der Waals surface area contributed by atoms with Gasteiger partial charge in [0, 0.05) is 18.3 Å². The first kappa shape index (κ1) is 80.3. The summed E-state index contributed by atoms with van der Waals surface area (Å²) in [5, 5.41) is 40.7. The van der Waals surface area contributed by atoms with E-state index in [0.29, 0.717) is 22.3 Å². The molecule has 0 aliphatic carbocycles. The summed E-state index contributed by atoms with van der Waals surface area (Å²) >= 11 is 0. The standard InChI is InChI=1S/C55H46B2O6.C26H22O2.C9H21BO3.C3H8O2/c1-43(59-57-62-54(48-34-18-6-19-35-48,49-36-20-7-21-37-49)55(63-57,50-38-22-8-23-39-50)51-40-24-9-25-41-51)42-58-56-60-52(44-26-10-2-11-27-44,45-28-12-3-13-29-45)53(61-56,46-30-14-4-15-31-46)47-32-16-5-17-33-47;27-25(21-13-5-1-6-14-21,22-15-7-2-8-16-22)26(28,23-17-9-3-10-18-23)24-19-11-4-12-20-24;1-7(2)11-10(12-8(3)4)13-9(5)6;1-3(5)2-4/h2-41,43H,42H2,1H3;1-20,27-28H;7-9H,1-6H3;3-5H,2H2,1H3. The number of hydrogen-bond donors (Lipinski definition) is 4. The Labute approximate surface area is 644 Å². The monoisotopic (exact) mass is 1450 g/mol. The molecule has 0 aromatic heterocycles. The van der Waals surface area contributed by atoms with Gasteiger partial charge in [0.2, 0.25) is 0 Å². The highest BCUT2D eigenvalue weighted by Crippen LogP contribution is 2.61. The second-order valence-electron chi connectivity index (χ2n) is 27.7. The molecule has 14 rings (SSSR count). The van der Waals surface area contributed by atoms with Crippen LogP contribution >= 0.6 is 0 Å². The van der Waals surface area contributed by atoms with Gasteiger partial charge >= 0.3 is 22.0 Å². The summed E-state index contributed by atoms with van der Waals surface area (Å²) in [6.07, 6.45) is -0.775. The lowest BCUT2D eigenvalue weighted by Crippen LogP contribution is -2.51. The maximum atomic E-state index is 12.3. The summed E-state index contributed by atoms with van der Waals surface area (Å²) in [7, 11) is -2.79. The minimum Gasteiger partial charge on any atom is -0.394 e. The summed E-state index contributed by atoms with van der Waals surface area (Å²) in [4.78, 5) is 0. The first-order valence-electron chi connectivity index (χ1n) is 37.3. The average Bonchev–Trinajstić information content (AvgIpc) is 1.61. The lowest BCUT2D eigenvalue weighted by molar-refractivity contribution is -0.113. The predicted octanol–water partition coefficient (Wildman–Crippen LogP) is 17.7. The molecule has 2 atom stereocenters. The van der Waals surface area contributed by atoms with Gasteiger partial charge in [-0.1, -0.05) is 364 Å². The minimum atomic E-state index is -1.70. The second kappa shape index (κ2) is 37.6. The molecule has 4 N–H and O–H groups in total. The van der Waals surface area contributed by atoms with Crippen molar-refractivity contribution in [2.45, 2.75) is 120 Å². The highest BCUT2D eigenvalue weighted by Gasteiger charge is 2.69. The maximum absolute atomic E-state index is 12.3. The van der Waals surface area contributed by atoms with Crippen molar-refractivity contribution in [3.05, 3.63) is 431 Å². The van der Waals surface area contributed by atoms with E-state index in [0.717, 1.165) is 44.5 Å². The van der Waals surface area contributed by atoms with Gasteiger partial charge in [-0.15, -0.1) is 0 Å². The zero-order valence-electron chi connectivity index (χ0n) is 63.1. The lowest BCUT2D eigenvalue weighted by atomic mass is 9.66. The van der Waals surface area contributed by atoms with Crippen molar-refractivity contribution in [2.24, 2.45) is 0 Å². The maximum Gasteiger partial charge on any atom is 0.641 e. The van der Waals surface area contributed by atoms with E-state index < -0.39 is 67.8 Å². The Kier molecular flexibility index (Phi) is 27.7. The summed E-state index contributed by atoms with van der Waals surface area (Å²) in [5.41, 5.74) is 1.72. The molecule has 2 heterocycles. The first-order valence-corrected chi connectivity index (χ1v) is 37.3. The molecule has 0 spiro atoms. The Morgan fingerprint density at radius 3 is 0.651 bits per heavy atom. The molecule has 0 saturated carbocycles. The average molecular weight is 1460 g/mol. The molecule has 12 aromatic carbocycles. The van der Waals surface area contributed by atoms with Crippen LogP contribution in [0.4, 0.5) is 0 Å². The van der Waals surface area contributed by atoms with E-state index in [9.17, 15) is 10.2 Å². The van der Waals surface area contributed by atoms with Gasteiger partial charge in [-0.25, -0.2) is 0 Å². The molecule has 2 aliphatic heterocycles. The molecule has 556 valence electrons. The number of hydrogen-bond acceptors (Lipinski definition) is 13. The summed E-state index contributed by atoms with van der Waals surface area (Å²) in [5.74, 6) is 0. The number of benzene rings is 12. The quantitative estimate of drug-likeness (QED) is 0.0400. The van der Waals surface area contributed by atoms with Crippen LogP contribution in [0.1, 0.15) is 122 Å². The number of rotatable bonds is 25. The smallest absolute Gasteiger partial charge is 0.394 e. The fourth-order valence-corrected chi connectivity index (χ4v) is 14.4. The van der Waals surface area contributed by atoms with Crippen LogP contribution in [0.25, 0.3) is 0 Å². The van der Waals surface area contributed by atoms with E-state index in [-0.39, 0.29) is 31.5 Å². The van der Waals surface area contributed by atoms with Crippen LogP contribution in [0.2, 0.25) is 0 Å². The molecule has 16 heteroatoms. The molecular weight excluding hydrogens is 1360 g/mol. The predicted molar refractivity (Wildman–Crippen MR) is 432 cm³/mol. The van der Waals surface area contributed by atoms with Crippen LogP contribution in [-0.4, -0.2) is 86.1 Å². The van der Waals surface area contributed by atoms with Crippen molar-refractivity contribution < 1.29 is 62.3 Å². The van der Waals surface area contributed by atoms with Crippen LogP contribution in [0, 0.1) is 0 Å². The zero-order chi connectivity index (χ0) is 76.8. The zero-order valence-corrected chi connectivity index (χ0v) is 63.1. The Hall–Kier alpha value is -9.69.